The molecule has 0 amide bonds. The Hall–Kier alpha value is -1.52. The minimum atomic E-state index is 0.387. The first-order valence-electron chi connectivity index (χ1n) is 4.83. The van der Waals surface area contributed by atoms with Crippen molar-refractivity contribution in [2.24, 2.45) is 5.16 Å². The molecule has 1 aromatic heterocycles. The molecule has 0 saturated carbocycles. The van der Waals surface area contributed by atoms with E-state index in [2.05, 4.69) is 10.1 Å². The monoisotopic (exact) mass is 269 g/mol. The van der Waals surface area contributed by atoms with Crippen LogP contribution in [0.5, 0.6) is 0 Å². The SMILES string of the molecule is O/N=C(/Cn1ccnc1)c1ccc(Cl)cc1Cl. The van der Waals surface area contributed by atoms with Crippen LogP contribution in [0, 0.1) is 0 Å². The zero-order valence-electron chi connectivity index (χ0n) is 8.72. The summed E-state index contributed by atoms with van der Waals surface area (Å²) in [5, 5.41) is 13.3. The van der Waals surface area contributed by atoms with E-state index in [4.69, 9.17) is 28.4 Å². The highest BCUT2D eigenvalue weighted by molar-refractivity contribution is 6.37. The summed E-state index contributed by atoms with van der Waals surface area (Å²) in [5.41, 5.74) is 1.09. The van der Waals surface area contributed by atoms with Crippen molar-refractivity contribution in [3.8, 4) is 0 Å². The predicted molar refractivity (Wildman–Crippen MR) is 67.0 cm³/mol. The molecule has 0 bridgehead atoms. The molecule has 0 saturated heterocycles. The van der Waals surface area contributed by atoms with Crippen LogP contribution < -0.4 is 0 Å². The summed E-state index contributed by atoms with van der Waals surface area (Å²) in [5.74, 6) is 0. The molecule has 1 heterocycles. The van der Waals surface area contributed by atoms with Crippen LogP contribution in [0.25, 0.3) is 0 Å². The van der Waals surface area contributed by atoms with Crippen LogP contribution in [0.15, 0.2) is 42.1 Å². The van der Waals surface area contributed by atoms with Crippen LogP contribution in [0.1, 0.15) is 5.56 Å². The molecule has 6 heteroatoms. The highest BCUT2D eigenvalue weighted by Gasteiger charge is 2.10. The van der Waals surface area contributed by atoms with Gasteiger partial charge < -0.3 is 9.77 Å². The number of aromatic nitrogens is 2. The van der Waals surface area contributed by atoms with E-state index >= 15 is 0 Å². The zero-order chi connectivity index (χ0) is 12.3. The molecule has 2 rings (SSSR count). The van der Waals surface area contributed by atoms with Gasteiger partial charge in [-0.25, -0.2) is 4.98 Å². The minimum Gasteiger partial charge on any atom is -0.411 e. The fourth-order valence-electron chi connectivity index (χ4n) is 1.45. The number of rotatable bonds is 3. The molecule has 0 unspecified atom stereocenters. The Bertz CT molecular complexity index is 538. The number of hydrogen-bond acceptors (Lipinski definition) is 3. The fraction of sp³-hybridized carbons (Fsp3) is 0.0909. The summed E-state index contributed by atoms with van der Waals surface area (Å²) in [6.07, 6.45) is 5.06. The molecule has 1 aromatic carbocycles. The number of imidazole rings is 1. The van der Waals surface area contributed by atoms with Crippen LogP contribution in [0.2, 0.25) is 10.0 Å². The molecule has 0 radical (unpaired) electrons. The summed E-state index contributed by atoms with van der Waals surface area (Å²) in [4.78, 5) is 3.91. The summed E-state index contributed by atoms with van der Waals surface area (Å²) < 4.78 is 1.78. The van der Waals surface area contributed by atoms with Crippen molar-refractivity contribution in [2.45, 2.75) is 6.54 Å². The van der Waals surface area contributed by atoms with E-state index in [-0.39, 0.29) is 0 Å². The third kappa shape index (κ3) is 2.78. The van der Waals surface area contributed by atoms with Gasteiger partial charge in [0.05, 0.1) is 17.9 Å². The summed E-state index contributed by atoms with van der Waals surface area (Å²) in [6.45, 7) is 0.387. The van der Waals surface area contributed by atoms with Crippen molar-refractivity contribution < 1.29 is 5.21 Å². The van der Waals surface area contributed by atoms with Gasteiger partial charge in [-0.2, -0.15) is 0 Å². The number of nitrogens with zero attached hydrogens (tertiary/aromatic N) is 3. The lowest BCUT2D eigenvalue weighted by atomic mass is 10.1. The van der Waals surface area contributed by atoms with Gasteiger partial charge >= 0.3 is 0 Å². The summed E-state index contributed by atoms with van der Waals surface area (Å²) in [7, 11) is 0. The van der Waals surface area contributed by atoms with Crippen LogP contribution in [-0.4, -0.2) is 20.5 Å². The van der Waals surface area contributed by atoms with Crippen LogP contribution in [0.3, 0.4) is 0 Å². The quantitative estimate of drug-likeness (QED) is 0.529. The molecular weight excluding hydrogens is 261 g/mol. The maximum atomic E-state index is 9.03. The smallest absolute Gasteiger partial charge is 0.108 e. The first-order valence-corrected chi connectivity index (χ1v) is 5.58. The number of hydrogen-bond donors (Lipinski definition) is 1. The van der Waals surface area contributed by atoms with Crippen LogP contribution >= 0.6 is 23.2 Å². The number of benzene rings is 1. The Labute approximate surface area is 108 Å². The Morgan fingerprint density at radius 2 is 2.24 bits per heavy atom. The second-order valence-electron chi connectivity index (χ2n) is 3.41. The van der Waals surface area contributed by atoms with Crippen LogP contribution in [0.4, 0.5) is 0 Å². The van der Waals surface area contributed by atoms with Crippen molar-refractivity contribution in [2.75, 3.05) is 0 Å². The average Bonchev–Trinajstić information content (AvgIpc) is 2.79. The Kier molecular flexibility index (Phi) is 3.66. The van der Waals surface area contributed by atoms with Gasteiger partial charge in [0.1, 0.15) is 5.71 Å². The lowest BCUT2D eigenvalue weighted by Gasteiger charge is -2.07. The molecule has 2 aromatic rings. The summed E-state index contributed by atoms with van der Waals surface area (Å²) >= 11 is 11.8. The largest absolute Gasteiger partial charge is 0.411 e. The van der Waals surface area contributed by atoms with Gasteiger partial charge in [0, 0.05) is 23.0 Å². The maximum Gasteiger partial charge on any atom is 0.108 e. The highest BCUT2D eigenvalue weighted by atomic mass is 35.5. The van der Waals surface area contributed by atoms with Crippen molar-refractivity contribution in [3.63, 3.8) is 0 Å². The Balaban J connectivity index is 2.30. The molecule has 0 spiro atoms. The van der Waals surface area contributed by atoms with Crippen molar-refractivity contribution in [1.82, 2.24) is 9.55 Å². The zero-order valence-corrected chi connectivity index (χ0v) is 10.2. The molecule has 0 atom stereocenters. The molecule has 0 fully saturated rings. The molecular formula is C11H9Cl2N3O. The third-order valence-electron chi connectivity index (χ3n) is 2.25. The normalized spacial score (nSPS) is 11.8. The van der Waals surface area contributed by atoms with Gasteiger partial charge in [0.2, 0.25) is 0 Å². The van der Waals surface area contributed by atoms with Gasteiger partial charge in [-0.3, -0.25) is 0 Å². The fourth-order valence-corrected chi connectivity index (χ4v) is 1.96. The standard InChI is InChI=1S/C11H9Cl2N3O/c12-8-1-2-9(10(13)5-8)11(15-17)6-16-4-3-14-7-16/h1-5,7,17H,6H2/b15-11-. The second-order valence-corrected chi connectivity index (χ2v) is 4.25. The Morgan fingerprint density at radius 3 is 2.82 bits per heavy atom. The molecule has 0 aliphatic heterocycles. The van der Waals surface area contributed by atoms with Gasteiger partial charge in [0.25, 0.3) is 0 Å². The topological polar surface area (TPSA) is 50.4 Å². The highest BCUT2D eigenvalue weighted by Crippen LogP contribution is 2.22. The van der Waals surface area contributed by atoms with Gasteiger partial charge in [-0.15, -0.1) is 0 Å². The number of oxime groups is 1. The van der Waals surface area contributed by atoms with Crippen molar-refractivity contribution >= 4 is 28.9 Å². The molecule has 17 heavy (non-hydrogen) atoms. The first kappa shape index (κ1) is 12.0. The molecule has 0 aliphatic rings. The lowest BCUT2D eigenvalue weighted by Crippen LogP contribution is -2.11. The van der Waals surface area contributed by atoms with Gasteiger partial charge in [-0.05, 0) is 18.2 Å². The summed E-state index contributed by atoms with van der Waals surface area (Å²) in [6, 6.07) is 5.02. The Morgan fingerprint density at radius 1 is 1.41 bits per heavy atom. The van der Waals surface area contributed by atoms with E-state index in [0.29, 0.717) is 27.9 Å². The van der Waals surface area contributed by atoms with E-state index < -0.39 is 0 Å². The van der Waals surface area contributed by atoms with E-state index in [1.54, 1.807) is 41.5 Å². The minimum absolute atomic E-state index is 0.387. The van der Waals surface area contributed by atoms with E-state index in [0.717, 1.165) is 0 Å². The average molecular weight is 270 g/mol. The van der Waals surface area contributed by atoms with Gasteiger partial charge in [0.15, 0.2) is 0 Å². The first-order chi connectivity index (χ1) is 8.20. The third-order valence-corrected chi connectivity index (χ3v) is 2.80. The van der Waals surface area contributed by atoms with Gasteiger partial charge in [-0.1, -0.05) is 28.4 Å². The van der Waals surface area contributed by atoms with E-state index in [1.807, 2.05) is 0 Å². The molecule has 1 N–H and O–H groups in total. The van der Waals surface area contributed by atoms with Crippen molar-refractivity contribution in [3.05, 3.63) is 52.5 Å². The maximum absolute atomic E-state index is 9.03. The lowest BCUT2D eigenvalue weighted by molar-refractivity contribution is 0.317. The van der Waals surface area contributed by atoms with E-state index in [1.165, 1.54) is 0 Å². The molecule has 88 valence electrons. The van der Waals surface area contributed by atoms with Crippen molar-refractivity contribution in [1.29, 1.82) is 0 Å². The molecule has 4 nitrogen and oxygen atoms in total. The molecule has 0 aliphatic carbocycles. The number of halogens is 2. The van der Waals surface area contributed by atoms with Crippen LogP contribution in [-0.2, 0) is 6.54 Å². The predicted octanol–water partition coefficient (Wildman–Crippen LogP) is 3.07. The second kappa shape index (κ2) is 5.21. The van der Waals surface area contributed by atoms with E-state index in [9.17, 15) is 0 Å².